The Morgan fingerprint density at radius 3 is 2.95 bits per heavy atom. The van der Waals surface area contributed by atoms with Gasteiger partial charge in [0.05, 0.1) is 28.2 Å². The van der Waals surface area contributed by atoms with Crippen LogP contribution in [0, 0.1) is 0 Å². The molecular weight excluding hydrogens is 327 g/mol. The highest BCUT2D eigenvalue weighted by Crippen LogP contribution is 2.29. The summed E-state index contributed by atoms with van der Waals surface area (Å²) >= 11 is 13.5. The summed E-state index contributed by atoms with van der Waals surface area (Å²) < 4.78 is 5.83. The Morgan fingerprint density at radius 1 is 1.24 bits per heavy atom. The summed E-state index contributed by atoms with van der Waals surface area (Å²) in [6.45, 7) is 0.544. The zero-order valence-corrected chi connectivity index (χ0v) is 13.4. The van der Waals surface area contributed by atoms with Crippen LogP contribution in [0.5, 0.6) is 5.75 Å². The third-order valence-corrected chi connectivity index (χ3v) is 4.55. The van der Waals surface area contributed by atoms with Gasteiger partial charge in [-0.1, -0.05) is 11.6 Å². The van der Waals surface area contributed by atoms with Crippen molar-refractivity contribution < 1.29 is 4.74 Å². The summed E-state index contributed by atoms with van der Waals surface area (Å²) in [6.07, 6.45) is 2.48. The van der Waals surface area contributed by atoms with E-state index in [1.807, 2.05) is 29.6 Å². The van der Waals surface area contributed by atoms with Crippen molar-refractivity contribution in [1.29, 1.82) is 0 Å². The van der Waals surface area contributed by atoms with Gasteiger partial charge in [0.15, 0.2) is 0 Å². The first kappa shape index (κ1) is 14.6. The van der Waals surface area contributed by atoms with E-state index in [4.69, 9.17) is 27.9 Å². The number of benzene rings is 1. The molecule has 0 amide bonds. The molecule has 2 aromatic heterocycles. The van der Waals surface area contributed by atoms with Crippen molar-refractivity contribution in [2.24, 2.45) is 0 Å². The van der Waals surface area contributed by atoms with Crippen LogP contribution in [0.4, 0.5) is 0 Å². The first-order valence-electron chi connectivity index (χ1n) is 6.43. The molecule has 0 saturated carbocycles. The molecule has 0 atom stereocenters. The second-order valence-corrected chi connectivity index (χ2v) is 6.03. The van der Waals surface area contributed by atoms with Crippen molar-refractivity contribution in [1.82, 2.24) is 9.97 Å². The van der Waals surface area contributed by atoms with Gasteiger partial charge in [-0.15, -0.1) is 22.9 Å². The third-order valence-electron chi connectivity index (χ3n) is 2.99. The predicted molar refractivity (Wildman–Crippen MR) is 87.6 cm³/mol. The molecule has 0 unspecified atom stereocenters. The molecule has 3 aromatic rings. The predicted octanol–water partition coefficient (Wildman–Crippen LogP) is 4.71. The standard InChI is InChI=1S/C15H12Cl2N2OS/c16-8-10-9-21-14(19-10)5-7-20-13-4-3-12(17)11-2-1-6-18-15(11)13/h1-4,6,9H,5,7-8H2. The van der Waals surface area contributed by atoms with Gasteiger partial charge in [-0.2, -0.15) is 0 Å². The molecule has 0 aliphatic carbocycles. The SMILES string of the molecule is ClCc1csc(CCOc2ccc(Cl)c3cccnc23)n1. The summed E-state index contributed by atoms with van der Waals surface area (Å²) in [5, 5.41) is 4.58. The van der Waals surface area contributed by atoms with Crippen molar-refractivity contribution in [3.8, 4) is 5.75 Å². The molecule has 0 spiro atoms. The molecule has 3 rings (SSSR count). The fourth-order valence-electron chi connectivity index (χ4n) is 2.00. The number of fused-ring (bicyclic) bond motifs is 1. The Hall–Kier alpha value is -1.36. The zero-order valence-electron chi connectivity index (χ0n) is 11.1. The zero-order chi connectivity index (χ0) is 14.7. The van der Waals surface area contributed by atoms with Crippen LogP contribution in [0.2, 0.25) is 5.02 Å². The molecule has 0 aliphatic rings. The number of halogens is 2. The molecule has 1 aromatic carbocycles. The lowest BCUT2D eigenvalue weighted by Gasteiger charge is -2.08. The van der Waals surface area contributed by atoms with Gasteiger partial charge in [-0.3, -0.25) is 4.98 Å². The number of nitrogens with zero attached hydrogens (tertiary/aromatic N) is 2. The number of ether oxygens (including phenoxy) is 1. The molecule has 2 heterocycles. The minimum Gasteiger partial charge on any atom is -0.491 e. The summed E-state index contributed by atoms with van der Waals surface area (Å²) in [6, 6.07) is 7.48. The molecule has 0 radical (unpaired) electrons. The van der Waals surface area contributed by atoms with Gasteiger partial charge < -0.3 is 4.74 Å². The van der Waals surface area contributed by atoms with Gasteiger partial charge in [0.2, 0.25) is 0 Å². The van der Waals surface area contributed by atoms with Crippen LogP contribution in [0.3, 0.4) is 0 Å². The molecule has 0 N–H and O–H groups in total. The van der Waals surface area contributed by atoms with Gasteiger partial charge in [0.25, 0.3) is 0 Å². The average Bonchev–Trinajstić information content (AvgIpc) is 2.98. The fraction of sp³-hybridized carbons (Fsp3) is 0.200. The lowest BCUT2D eigenvalue weighted by molar-refractivity contribution is 0.325. The smallest absolute Gasteiger partial charge is 0.145 e. The van der Waals surface area contributed by atoms with E-state index >= 15 is 0 Å². The molecule has 108 valence electrons. The lowest BCUT2D eigenvalue weighted by Crippen LogP contribution is -2.02. The molecule has 21 heavy (non-hydrogen) atoms. The fourth-order valence-corrected chi connectivity index (χ4v) is 3.22. The maximum Gasteiger partial charge on any atom is 0.145 e. The second-order valence-electron chi connectivity index (χ2n) is 4.41. The Bertz CT molecular complexity index is 760. The van der Waals surface area contributed by atoms with Gasteiger partial charge in [-0.05, 0) is 24.3 Å². The first-order valence-corrected chi connectivity index (χ1v) is 8.22. The van der Waals surface area contributed by atoms with E-state index < -0.39 is 0 Å². The third kappa shape index (κ3) is 3.28. The minimum absolute atomic E-state index is 0.448. The van der Waals surface area contributed by atoms with Crippen LogP contribution < -0.4 is 4.74 Å². The van der Waals surface area contributed by atoms with Crippen molar-refractivity contribution in [2.45, 2.75) is 12.3 Å². The Labute approximate surface area is 136 Å². The molecule has 0 fully saturated rings. The quantitative estimate of drug-likeness (QED) is 0.632. The maximum absolute atomic E-state index is 6.16. The number of aromatic nitrogens is 2. The topological polar surface area (TPSA) is 35.0 Å². The van der Waals surface area contributed by atoms with E-state index in [0.29, 0.717) is 17.5 Å². The number of hydrogen-bond donors (Lipinski definition) is 0. The van der Waals surface area contributed by atoms with Crippen LogP contribution in [-0.2, 0) is 12.3 Å². The highest BCUT2D eigenvalue weighted by atomic mass is 35.5. The summed E-state index contributed by atoms with van der Waals surface area (Å²) in [4.78, 5) is 8.75. The van der Waals surface area contributed by atoms with Crippen LogP contribution in [-0.4, -0.2) is 16.6 Å². The van der Waals surface area contributed by atoms with E-state index in [9.17, 15) is 0 Å². The van der Waals surface area contributed by atoms with E-state index in [0.717, 1.165) is 33.8 Å². The van der Waals surface area contributed by atoms with Gasteiger partial charge in [0, 0.05) is 23.4 Å². The minimum atomic E-state index is 0.448. The highest BCUT2D eigenvalue weighted by Gasteiger charge is 2.07. The second kappa shape index (κ2) is 6.60. The van der Waals surface area contributed by atoms with Crippen LogP contribution >= 0.6 is 34.5 Å². The summed E-state index contributed by atoms with van der Waals surface area (Å²) in [5.41, 5.74) is 1.70. The van der Waals surface area contributed by atoms with E-state index in [1.54, 1.807) is 17.5 Å². The molecule has 0 saturated heterocycles. The number of alkyl halides is 1. The number of pyridine rings is 1. The molecular formula is C15H12Cl2N2OS. The monoisotopic (exact) mass is 338 g/mol. The van der Waals surface area contributed by atoms with Crippen molar-refractivity contribution in [3.63, 3.8) is 0 Å². The number of thiazole rings is 1. The van der Waals surface area contributed by atoms with Crippen LogP contribution in [0.1, 0.15) is 10.7 Å². The average molecular weight is 339 g/mol. The number of rotatable bonds is 5. The van der Waals surface area contributed by atoms with Gasteiger partial charge in [0.1, 0.15) is 11.3 Å². The Balaban J connectivity index is 1.72. The van der Waals surface area contributed by atoms with Crippen molar-refractivity contribution in [2.75, 3.05) is 6.61 Å². The van der Waals surface area contributed by atoms with Crippen LogP contribution in [0.25, 0.3) is 10.9 Å². The Morgan fingerprint density at radius 2 is 2.14 bits per heavy atom. The van der Waals surface area contributed by atoms with E-state index in [-0.39, 0.29) is 0 Å². The van der Waals surface area contributed by atoms with Crippen molar-refractivity contribution in [3.05, 3.63) is 51.6 Å². The molecule has 0 bridgehead atoms. The normalized spacial score (nSPS) is 11.0. The molecule has 0 aliphatic heterocycles. The van der Waals surface area contributed by atoms with Crippen LogP contribution in [0.15, 0.2) is 35.8 Å². The Kier molecular flexibility index (Phi) is 4.58. The van der Waals surface area contributed by atoms with Gasteiger partial charge in [-0.25, -0.2) is 4.98 Å². The first-order chi connectivity index (χ1) is 10.3. The van der Waals surface area contributed by atoms with Gasteiger partial charge >= 0.3 is 0 Å². The largest absolute Gasteiger partial charge is 0.491 e. The number of hydrogen-bond acceptors (Lipinski definition) is 4. The highest BCUT2D eigenvalue weighted by molar-refractivity contribution is 7.09. The lowest BCUT2D eigenvalue weighted by atomic mass is 10.2. The summed E-state index contributed by atoms with van der Waals surface area (Å²) in [7, 11) is 0. The summed E-state index contributed by atoms with van der Waals surface area (Å²) in [5.74, 6) is 1.19. The molecule has 6 heteroatoms. The van der Waals surface area contributed by atoms with Crippen molar-refractivity contribution >= 4 is 45.4 Å². The molecule has 3 nitrogen and oxygen atoms in total. The maximum atomic E-state index is 6.16. The van der Waals surface area contributed by atoms with E-state index in [1.165, 1.54) is 0 Å². The van der Waals surface area contributed by atoms with E-state index in [2.05, 4.69) is 9.97 Å².